The van der Waals surface area contributed by atoms with Crippen LogP contribution in [-0.4, -0.2) is 19.2 Å². The molecule has 2 aliphatic rings. The average Bonchev–Trinajstić information content (AvgIpc) is 3.11. The number of hydrogen-bond donors (Lipinski definition) is 1. The van der Waals surface area contributed by atoms with E-state index in [-0.39, 0.29) is 18.1 Å². The van der Waals surface area contributed by atoms with Gasteiger partial charge in [0.05, 0.1) is 25.2 Å². The summed E-state index contributed by atoms with van der Waals surface area (Å²) in [7, 11) is 0. The predicted molar refractivity (Wildman–Crippen MR) is 101 cm³/mol. The lowest BCUT2D eigenvalue weighted by molar-refractivity contribution is -0.142. The zero-order valence-corrected chi connectivity index (χ0v) is 15.3. The number of benzene rings is 2. The normalized spacial score (nSPS) is 23.7. The molecule has 0 unspecified atom stereocenters. The highest BCUT2D eigenvalue weighted by Crippen LogP contribution is 2.50. The van der Waals surface area contributed by atoms with Crippen molar-refractivity contribution in [2.45, 2.75) is 38.8 Å². The van der Waals surface area contributed by atoms with E-state index in [0.717, 1.165) is 24.3 Å². The van der Waals surface area contributed by atoms with Crippen molar-refractivity contribution in [1.82, 2.24) is 0 Å². The highest BCUT2D eigenvalue weighted by molar-refractivity contribution is 5.73. The van der Waals surface area contributed by atoms with E-state index in [1.54, 1.807) is 0 Å². The number of rotatable bonds is 4. The van der Waals surface area contributed by atoms with Crippen LogP contribution < -0.4 is 5.32 Å². The minimum Gasteiger partial charge on any atom is -0.466 e. The Morgan fingerprint density at radius 1 is 1.27 bits per heavy atom. The van der Waals surface area contributed by atoms with E-state index in [2.05, 4.69) is 48.6 Å². The summed E-state index contributed by atoms with van der Waals surface area (Å²) in [5, 5.41) is 3.72. The van der Waals surface area contributed by atoms with Gasteiger partial charge >= 0.3 is 5.97 Å². The lowest BCUT2D eigenvalue weighted by Crippen LogP contribution is -2.29. The summed E-state index contributed by atoms with van der Waals surface area (Å²) in [5.41, 5.74) is 5.83. The molecule has 1 saturated heterocycles. The van der Waals surface area contributed by atoms with Crippen LogP contribution in [0.3, 0.4) is 0 Å². The van der Waals surface area contributed by atoms with E-state index >= 15 is 0 Å². The fourth-order valence-electron chi connectivity index (χ4n) is 4.20. The van der Waals surface area contributed by atoms with Crippen molar-refractivity contribution in [2.75, 3.05) is 18.5 Å². The number of carbonyl (C=O) groups is 1. The summed E-state index contributed by atoms with van der Waals surface area (Å²) in [4.78, 5) is 11.8. The molecule has 4 nitrogen and oxygen atoms in total. The predicted octanol–water partition coefficient (Wildman–Crippen LogP) is 4.35. The van der Waals surface area contributed by atoms with E-state index in [4.69, 9.17) is 9.47 Å². The number of anilines is 1. The molecule has 26 heavy (non-hydrogen) atoms. The Bertz CT molecular complexity index is 817. The molecule has 2 aromatic carbocycles. The molecule has 0 aromatic heterocycles. The molecule has 1 fully saturated rings. The highest BCUT2D eigenvalue weighted by atomic mass is 16.5. The van der Waals surface area contributed by atoms with Crippen molar-refractivity contribution >= 4 is 11.7 Å². The molecule has 2 aromatic rings. The third kappa shape index (κ3) is 3.21. The second-order valence-corrected chi connectivity index (χ2v) is 7.18. The minimum absolute atomic E-state index is 0.0823. The topological polar surface area (TPSA) is 47.6 Å². The number of fused-ring (bicyclic) bond motifs is 3. The largest absolute Gasteiger partial charge is 0.466 e. The van der Waals surface area contributed by atoms with Crippen LogP contribution in [0.2, 0.25) is 0 Å². The molecule has 0 amide bonds. The second kappa shape index (κ2) is 7.12. The first-order valence-corrected chi connectivity index (χ1v) is 9.39. The van der Waals surface area contributed by atoms with Gasteiger partial charge in [0, 0.05) is 23.8 Å². The molecule has 136 valence electrons. The maximum absolute atomic E-state index is 11.8. The van der Waals surface area contributed by atoms with Gasteiger partial charge in [-0.25, -0.2) is 0 Å². The first kappa shape index (κ1) is 17.1. The Kier molecular flexibility index (Phi) is 4.68. The number of ether oxygens (including phenoxy) is 2. The Labute approximate surface area is 154 Å². The number of hydrogen-bond acceptors (Lipinski definition) is 4. The van der Waals surface area contributed by atoms with E-state index < -0.39 is 0 Å². The lowest BCUT2D eigenvalue weighted by Gasteiger charge is -2.37. The quantitative estimate of drug-likeness (QED) is 0.832. The van der Waals surface area contributed by atoms with Gasteiger partial charge in [0.2, 0.25) is 0 Å². The van der Waals surface area contributed by atoms with Crippen LogP contribution in [0.15, 0.2) is 42.5 Å². The SMILES string of the molecule is CCOC(=O)Cc1ccc2c(c1)[C@@H]1OCC[C@@H]1[C@@H](c1cccc(C)c1)N2. The summed E-state index contributed by atoms with van der Waals surface area (Å²) in [6.45, 7) is 5.15. The van der Waals surface area contributed by atoms with E-state index in [1.807, 2.05) is 13.0 Å². The van der Waals surface area contributed by atoms with E-state index in [1.165, 1.54) is 16.7 Å². The molecule has 0 aliphatic carbocycles. The van der Waals surface area contributed by atoms with Gasteiger partial charge in [0.15, 0.2) is 0 Å². The van der Waals surface area contributed by atoms with Gasteiger partial charge in [0.1, 0.15) is 0 Å². The Morgan fingerprint density at radius 2 is 2.15 bits per heavy atom. The van der Waals surface area contributed by atoms with Crippen LogP contribution in [0.5, 0.6) is 0 Å². The number of nitrogens with one attached hydrogen (secondary N) is 1. The number of carbonyl (C=O) groups excluding carboxylic acids is 1. The van der Waals surface area contributed by atoms with Gasteiger partial charge in [-0.1, -0.05) is 42.0 Å². The Hall–Kier alpha value is -2.33. The third-order valence-electron chi connectivity index (χ3n) is 5.35. The lowest BCUT2D eigenvalue weighted by atomic mass is 9.80. The average molecular weight is 351 g/mol. The maximum atomic E-state index is 11.8. The molecule has 3 atom stereocenters. The van der Waals surface area contributed by atoms with Gasteiger partial charge in [-0.15, -0.1) is 0 Å². The second-order valence-electron chi connectivity index (χ2n) is 7.18. The summed E-state index contributed by atoms with van der Waals surface area (Å²) in [5.74, 6) is 0.222. The fourth-order valence-corrected chi connectivity index (χ4v) is 4.20. The van der Waals surface area contributed by atoms with Gasteiger partial charge in [-0.2, -0.15) is 0 Å². The van der Waals surface area contributed by atoms with Crippen molar-refractivity contribution in [1.29, 1.82) is 0 Å². The molecule has 0 spiro atoms. The van der Waals surface area contributed by atoms with E-state index in [0.29, 0.717) is 18.9 Å². The first-order chi connectivity index (χ1) is 12.7. The van der Waals surface area contributed by atoms with Crippen LogP contribution in [0, 0.1) is 12.8 Å². The molecular weight excluding hydrogens is 326 g/mol. The van der Waals surface area contributed by atoms with Gasteiger partial charge in [-0.05, 0) is 37.5 Å². The highest BCUT2D eigenvalue weighted by Gasteiger charge is 2.41. The summed E-state index contributed by atoms with van der Waals surface area (Å²) >= 11 is 0. The summed E-state index contributed by atoms with van der Waals surface area (Å²) in [6, 6.07) is 15.1. The number of aryl methyl sites for hydroxylation is 1. The smallest absolute Gasteiger partial charge is 0.310 e. The first-order valence-electron chi connectivity index (χ1n) is 9.39. The molecule has 4 rings (SSSR count). The molecule has 1 N–H and O–H groups in total. The van der Waals surface area contributed by atoms with E-state index in [9.17, 15) is 4.79 Å². The van der Waals surface area contributed by atoms with Crippen molar-refractivity contribution in [3.05, 3.63) is 64.7 Å². The minimum atomic E-state index is -0.183. The Morgan fingerprint density at radius 3 is 2.96 bits per heavy atom. The van der Waals surface area contributed by atoms with Crippen LogP contribution in [0.4, 0.5) is 5.69 Å². The molecule has 0 bridgehead atoms. The molecule has 2 aliphatic heterocycles. The molecule has 0 radical (unpaired) electrons. The van der Waals surface area contributed by atoms with Gasteiger partial charge in [0.25, 0.3) is 0 Å². The van der Waals surface area contributed by atoms with Crippen LogP contribution in [0.25, 0.3) is 0 Å². The standard InChI is InChI=1S/C22H25NO3/c1-3-25-20(24)13-15-7-8-19-18(12-15)22-17(9-10-26-22)21(23-19)16-6-4-5-14(2)11-16/h4-8,11-12,17,21-23H,3,9-10,13H2,1-2H3/t17-,21-,22-/m1/s1. The molecule has 4 heteroatoms. The van der Waals surface area contributed by atoms with Crippen molar-refractivity contribution < 1.29 is 14.3 Å². The Balaban J connectivity index is 1.65. The van der Waals surface area contributed by atoms with Crippen LogP contribution in [-0.2, 0) is 20.7 Å². The number of esters is 1. The molecule has 0 saturated carbocycles. The monoisotopic (exact) mass is 351 g/mol. The maximum Gasteiger partial charge on any atom is 0.310 e. The van der Waals surface area contributed by atoms with Crippen molar-refractivity contribution in [3.8, 4) is 0 Å². The zero-order valence-electron chi connectivity index (χ0n) is 15.3. The van der Waals surface area contributed by atoms with Gasteiger partial charge < -0.3 is 14.8 Å². The summed E-state index contributed by atoms with van der Waals surface area (Å²) < 4.78 is 11.2. The van der Waals surface area contributed by atoms with Gasteiger partial charge in [-0.3, -0.25) is 4.79 Å². The van der Waals surface area contributed by atoms with Crippen LogP contribution in [0.1, 0.15) is 47.7 Å². The fraction of sp³-hybridized carbons (Fsp3) is 0.409. The zero-order chi connectivity index (χ0) is 18.1. The third-order valence-corrected chi connectivity index (χ3v) is 5.35. The van der Waals surface area contributed by atoms with Crippen molar-refractivity contribution in [3.63, 3.8) is 0 Å². The summed E-state index contributed by atoms with van der Waals surface area (Å²) in [6.07, 6.45) is 1.43. The molecule has 2 heterocycles. The molecular formula is C22H25NO3. The van der Waals surface area contributed by atoms with Crippen molar-refractivity contribution in [2.24, 2.45) is 5.92 Å². The van der Waals surface area contributed by atoms with Crippen LogP contribution >= 0.6 is 0 Å².